The van der Waals surface area contributed by atoms with Crippen LogP contribution in [-0.4, -0.2) is 39.9 Å². The molecule has 0 aromatic heterocycles. The second-order valence-electron chi connectivity index (χ2n) is 3.71. The van der Waals surface area contributed by atoms with Gasteiger partial charge in [-0.2, -0.15) is 0 Å². The molecule has 1 rings (SSSR count). The fraction of sp³-hybridized carbons (Fsp3) is 0.417. The fourth-order valence-corrected chi connectivity index (χ4v) is 1.70. The number of carbonyl (C=O) groups is 1. The minimum absolute atomic E-state index is 0.219. The average Bonchev–Trinajstić information content (AvgIpc) is 2.36. The Morgan fingerprint density at radius 3 is 2.61 bits per heavy atom. The highest BCUT2D eigenvalue weighted by atomic mass is 35.5. The van der Waals surface area contributed by atoms with E-state index in [0.29, 0.717) is 5.56 Å². The number of aliphatic hydroxyl groups is 2. The van der Waals surface area contributed by atoms with Crippen molar-refractivity contribution in [3.63, 3.8) is 0 Å². The summed E-state index contributed by atoms with van der Waals surface area (Å²) < 4.78 is 5.04. The number of rotatable bonds is 7. The van der Waals surface area contributed by atoms with Gasteiger partial charge in [-0.15, -0.1) is 11.6 Å². The molecule has 3 N–H and O–H groups in total. The molecule has 100 valence electrons. The van der Waals surface area contributed by atoms with Crippen LogP contribution < -0.4 is 4.74 Å². The average molecular weight is 275 g/mol. The van der Waals surface area contributed by atoms with Crippen LogP contribution in [0.3, 0.4) is 0 Å². The minimum atomic E-state index is -1.16. The third-order valence-corrected chi connectivity index (χ3v) is 2.58. The quantitative estimate of drug-likeness (QED) is 0.650. The lowest BCUT2D eigenvalue weighted by Gasteiger charge is -2.19. The van der Waals surface area contributed by atoms with E-state index in [1.165, 1.54) is 6.07 Å². The number of para-hydroxylation sites is 1. The summed E-state index contributed by atoms with van der Waals surface area (Å²) in [4.78, 5) is 10.4. The lowest BCUT2D eigenvalue weighted by atomic mass is 10.0. The summed E-state index contributed by atoms with van der Waals surface area (Å²) in [5.41, 5.74) is 0.344. The van der Waals surface area contributed by atoms with Crippen molar-refractivity contribution in [1.29, 1.82) is 0 Å². The Bertz CT molecular complexity index is 396. The molecule has 1 aromatic rings. The van der Waals surface area contributed by atoms with Crippen LogP contribution in [0.4, 0.5) is 0 Å². The van der Waals surface area contributed by atoms with Gasteiger partial charge < -0.3 is 20.1 Å². The molecule has 0 bridgehead atoms. The highest BCUT2D eigenvalue weighted by molar-refractivity contribution is 6.17. The van der Waals surface area contributed by atoms with Gasteiger partial charge in [0.25, 0.3) is 0 Å². The van der Waals surface area contributed by atoms with E-state index in [9.17, 15) is 15.0 Å². The van der Waals surface area contributed by atoms with E-state index in [4.69, 9.17) is 21.4 Å². The van der Waals surface area contributed by atoms with Crippen molar-refractivity contribution in [2.75, 3.05) is 12.5 Å². The van der Waals surface area contributed by atoms with Crippen molar-refractivity contribution in [2.45, 2.75) is 18.6 Å². The molecular formula is C12H15ClO5. The van der Waals surface area contributed by atoms with E-state index < -0.39 is 24.8 Å². The smallest absolute Gasteiger partial charge is 0.341 e. The van der Waals surface area contributed by atoms with Gasteiger partial charge in [-0.3, -0.25) is 0 Å². The van der Waals surface area contributed by atoms with E-state index in [1.54, 1.807) is 18.2 Å². The largest absolute Gasteiger partial charge is 0.482 e. The van der Waals surface area contributed by atoms with E-state index in [2.05, 4.69) is 0 Å². The van der Waals surface area contributed by atoms with E-state index in [0.717, 1.165) is 0 Å². The Morgan fingerprint density at radius 1 is 1.33 bits per heavy atom. The second kappa shape index (κ2) is 7.20. The van der Waals surface area contributed by atoms with E-state index in [1.807, 2.05) is 0 Å². The van der Waals surface area contributed by atoms with E-state index >= 15 is 0 Å². The first kappa shape index (κ1) is 14.8. The maximum atomic E-state index is 10.4. The Kier molecular flexibility index (Phi) is 5.91. The number of carboxylic acid groups (broad SMARTS) is 1. The number of alkyl halides is 1. The van der Waals surface area contributed by atoms with Crippen LogP contribution in [0, 0.1) is 0 Å². The summed E-state index contributed by atoms with van der Waals surface area (Å²) in [6.07, 6.45) is -1.94. The van der Waals surface area contributed by atoms with Gasteiger partial charge in [0.05, 0.1) is 6.10 Å². The summed E-state index contributed by atoms with van der Waals surface area (Å²) >= 11 is 5.49. The summed E-state index contributed by atoms with van der Waals surface area (Å²) in [5, 5.41) is 28.1. The number of aliphatic carboxylic acids is 1. The number of hydrogen-bond donors (Lipinski definition) is 3. The molecular weight excluding hydrogens is 260 g/mol. The highest BCUT2D eigenvalue weighted by Crippen LogP contribution is 2.28. The number of benzene rings is 1. The van der Waals surface area contributed by atoms with Crippen LogP contribution in [0.15, 0.2) is 24.3 Å². The Morgan fingerprint density at radius 2 is 2.00 bits per heavy atom. The van der Waals surface area contributed by atoms with Crippen LogP contribution in [-0.2, 0) is 4.79 Å². The van der Waals surface area contributed by atoms with Crippen LogP contribution in [0.1, 0.15) is 18.1 Å². The molecule has 0 heterocycles. The summed E-state index contributed by atoms with van der Waals surface area (Å²) in [6.45, 7) is -0.505. The molecule has 5 nitrogen and oxygen atoms in total. The molecule has 0 saturated carbocycles. The zero-order valence-corrected chi connectivity index (χ0v) is 10.4. The molecule has 2 atom stereocenters. The zero-order chi connectivity index (χ0) is 13.5. The summed E-state index contributed by atoms with van der Waals surface area (Å²) in [6, 6.07) is 6.43. The molecule has 0 aliphatic heterocycles. The van der Waals surface area contributed by atoms with Crippen LogP contribution >= 0.6 is 11.6 Å². The van der Waals surface area contributed by atoms with Crippen molar-refractivity contribution >= 4 is 17.6 Å². The van der Waals surface area contributed by atoms with Crippen LogP contribution in [0.5, 0.6) is 5.75 Å². The number of carboxylic acids is 1. The van der Waals surface area contributed by atoms with Gasteiger partial charge in [-0.05, 0) is 12.5 Å². The molecule has 18 heavy (non-hydrogen) atoms. The van der Waals surface area contributed by atoms with Gasteiger partial charge in [0, 0.05) is 11.4 Å². The normalized spacial score (nSPS) is 13.9. The zero-order valence-electron chi connectivity index (χ0n) is 9.62. The highest BCUT2D eigenvalue weighted by Gasteiger charge is 2.21. The van der Waals surface area contributed by atoms with Gasteiger partial charge in [0.1, 0.15) is 11.9 Å². The standard InChI is InChI=1S/C12H15ClO5/c13-6-5-9(14)12(17)8-3-1-2-4-10(8)18-7-11(15)16/h1-4,9,12,14,17H,5-7H2,(H,15,16). The third-order valence-electron chi connectivity index (χ3n) is 2.36. The molecule has 0 amide bonds. The second-order valence-corrected chi connectivity index (χ2v) is 4.09. The SMILES string of the molecule is O=C(O)COc1ccccc1C(O)C(O)CCCl. The predicted octanol–water partition coefficient (Wildman–Crippen LogP) is 1.17. The molecule has 0 radical (unpaired) electrons. The van der Waals surface area contributed by atoms with Gasteiger partial charge in [0.2, 0.25) is 0 Å². The number of aliphatic hydroxyl groups excluding tert-OH is 2. The summed E-state index contributed by atoms with van der Waals surface area (Å²) in [5.74, 6) is -0.655. The third kappa shape index (κ3) is 4.18. The number of hydrogen-bond acceptors (Lipinski definition) is 4. The molecule has 6 heteroatoms. The van der Waals surface area contributed by atoms with E-state index in [-0.39, 0.29) is 18.1 Å². The van der Waals surface area contributed by atoms with Crippen molar-refractivity contribution in [2.24, 2.45) is 0 Å². The minimum Gasteiger partial charge on any atom is -0.482 e. The molecule has 1 aromatic carbocycles. The lowest BCUT2D eigenvalue weighted by molar-refractivity contribution is -0.139. The first-order valence-corrected chi connectivity index (χ1v) is 5.95. The number of ether oxygens (including phenoxy) is 1. The van der Waals surface area contributed by atoms with Gasteiger partial charge in [0.15, 0.2) is 6.61 Å². The maximum Gasteiger partial charge on any atom is 0.341 e. The topological polar surface area (TPSA) is 87.0 Å². The van der Waals surface area contributed by atoms with Crippen molar-refractivity contribution < 1.29 is 24.9 Å². The van der Waals surface area contributed by atoms with Gasteiger partial charge in [-0.25, -0.2) is 4.79 Å². The van der Waals surface area contributed by atoms with Crippen LogP contribution in [0.2, 0.25) is 0 Å². The van der Waals surface area contributed by atoms with Gasteiger partial charge in [-0.1, -0.05) is 18.2 Å². The maximum absolute atomic E-state index is 10.4. The Hall–Kier alpha value is -1.30. The summed E-state index contributed by atoms with van der Waals surface area (Å²) in [7, 11) is 0. The lowest BCUT2D eigenvalue weighted by Crippen LogP contribution is -2.20. The Labute approximate surface area is 110 Å². The fourth-order valence-electron chi connectivity index (χ4n) is 1.47. The van der Waals surface area contributed by atoms with Crippen molar-refractivity contribution in [3.05, 3.63) is 29.8 Å². The monoisotopic (exact) mass is 274 g/mol. The molecule has 0 aliphatic rings. The number of halogens is 1. The predicted molar refractivity (Wildman–Crippen MR) is 65.9 cm³/mol. The molecule has 0 fully saturated rings. The first-order chi connectivity index (χ1) is 8.56. The van der Waals surface area contributed by atoms with Gasteiger partial charge >= 0.3 is 5.97 Å². The molecule has 0 spiro atoms. The molecule has 0 saturated heterocycles. The van der Waals surface area contributed by atoms with Crippen molar-refractivity contribution in [1.82, 2.24) is 0 Å². The molecule has 2 unspecified atom stereocenters. The first-order valence-electron chi connectivity index (χ1n) is 5.42. The van der Waals surface area contributed by atoms with Crippen molar-refractivity contribution in [3.8, 4) is 5.75 Å². The Balaban J connectivity index is 2.83. The molecule has 0 aliphatic carbocycles. The van der Waals surface area contributed by atoms with Crippen LogP contribution in [0.25, 0.3) is 0 Å².